The Morgan fingerprint density at radius 1 is 0.724 bits per heavy atom. The fraction of sp³-hybridized carbons (Fsp3) is 0. The van der Waals surface area contributed by atoms with Gasteiger partial charge >= 0.3 is 7.82 Å². The maximum absolute atomic E-state index is 11.3. The van der Waals surface area contributed by atoms with Crippen molar-refractivity contribution in [2.75, 3.05) is 0 Å². The lowest BCUT2D eigenvalue weighted by atomic mass is 9.97. The lowest BCUT2D eigenvalue weighted by molar-refractivity contribution is 0.283. The van der Waals surface area contributed by atoms with E-state index in [4.69, 9.17) is 4.52 Å². The van der Waals surface area contributed by atoms with Gasteiger partial charge < -0.3 is 4.52 Å². The van der Waals surface area contributed by atoms with Crippen LogP contribution >= 0.6 is 7.82 Å². The van der Waals surface area contributed by atoms with E-state index in [2.05, 4.69) is 10.2 Å². The monoisotopic (exact) mass is 404 g/mol. The van der Waals surface area contributed by atoms with Crippen LogP contribution in [-0.2, 0) is 4.57 Å². The molecule has 0 aliphatic rings. The van der Waals surface area contributed by atoms with E-state index in [-0.39, 0.29) is 5.75 Å². The SMILES string of the molecule is O=P(O)(O)Oc1ccc(N=Nc2ccccc2)c(-c2cccc3ccccc23)c1. The summed E-state index contributed by atoms with van der Waals surface area (Å²) >= 11 is 0. The Morgan fingerprint density at radius 3 is 2.24 bits per heavy atom. The fourth-order valence-electron chi connectivity index (χ4n) is 3.08. The molecule has 0 saturated heterocycles. The van der Waals surface area contributed by atoms with Crippen LogP contribution in [0.4, 0.5) is 11.4 Å². The largest absolute Gasteiger partial charge is 0.524 e. The molecular formula is C22H17N2O4P. The molecule has 0 spiro atoms. The van der Waals surface area contributed by atoms with Gasteiger partial charge in [0.05, 0.1) is 11.4 Å². The Hall–Kier alpha value is -3.31. The second-order valence-corrected chi connectivity index (χ2v) is 7.49. The average Bonchev–Trinajstić information content (AvgIpc) is 2.72. The van der Waals surface area contributed by atoms with Gasteiger partial charge in [-0.25, -0.2) is 4.57 Å². The molecule has 0 amide bonds. The molecule has 0 heterocycles. The highest BCUT2D eigenvalue weighted by Gasteiger charge is 2.18. The van der Waals surface area contributed by atoms with Crippen molar-refractivity contribution < 1.29 is 18.9 Å². The first-order valence-corrected chi connectivity index (χ1v) is 10.4. The summed E-state index contributed by atoms with van der Waals surface area (Å²) in [5.41, 5.74) is 2.78. The Morgan fingerprint density at radius 2 is 1.45 bits per heavy atom. The average molecular weight is 404 g/mol. The minimum atomic E-state index is -4.68. The van der Waals surface area contributed by atoms with E-state index in [0.717, 1.165) is 16.3 Å². The Bertz CT molecular complexity index is 1230. The zero-order chi connectivity index (χ0) is 20.3. The number of rotatable bonds is 5. The fourth-order valence-corrected chi connectivity index (χ4v) is 3.47. The van der Waals surface area contributed by atoms with Crippen molar-refractivity contribution in [1.82, 2.24) is 0 Å². The number of nitrogens with zero attached hydrogens (tertiary/aromatic N) is 2. The van der Waals surface area contributed by atoms with Crippen LogP contribution in [0.2, 0.25) is 0 Å². The van der Waals surface area contributed by atoms with Gasteiger partial charge in [-0.15, -0.1) is 5.11 Å². The van der Waals surface area contributed by atoms with E-state index in [9.17, 15) is 14.4 Å². The topological polar surface area (TPSA) is 91.5 Å². The van der Waals surface area contributed by atoms with Crippen molar-refractivity contribution in [3.63, 3.8) is 0 Å². The molecule has 7 heteroatoms. The zero-order valence-electron chi connectivity index (χ0n) is 15.2. The molecule has 2 N–H and O–H groups in total. The lowest BCUT2D eigenvalue weighted by Gasteiger charge is -2.12. The summed E-state index contributed by atoms with van der Waals surface area (Å²) in [7, 11) is -4.68. The van der Waals surface area contributed by atoms with Crippen LogP contribution in [0.5, 0.6) is 5.75 Å². The van der Waals surface area contributed by atoms with Crippen LogP contribution in [-0.4, -0.2) is 9.79 Å². The van der Waals surface area contributed by atoms with E-state index in [1.807, 2.05) is 72.8 Å². The molecule has 6 nitrogen and oxygen atoms in total. The summed E-state index contributed by atoms with van der Waals surface area (Å²) in [5.74, 6) is 0.0555. The molecule has 4 aromatic carbocycles. The molecule has 0 fully saturated rings. The maximum atomic E-state index is 11.3. The quantitative estimate of drug-likeness (QED) is 0.298. The van der Waals surface area contributed by atoms with Gasteiger partial charge in [-0.05, 0) is 46.7 Å². The van der Waals surface area contributed by atoms with Gasteiger partial charge in [0, 0.05) is 5.56 Å². The smallest absolute Gasteiger partial charge is 0.404 e. The van der Waals surface area contributed by atoms with Gasteiger partial charge in [-0.1, -0.05) is 60.7 Å². The summed E-state index contributed by atoms with van der Waals surface area (Å²) in [5, 5.41) is 10.7. The highest BCUT2D eigenvalue weighted by molar-refractivity contribution is 7.46. The number of benzene rings is 4. The first-order chi connectivity index (χ1) is 14.0. The molecule has 0 unspecified atom stereocenters. The molecular weight excluding hydrogens is 387 g/mol. The summed E-state index contributed by atoms with van der Waals surface area (Å²) in [6.45, 7) is 0. The predicted octanol–water partition coefficient (Wildman–Crippen LogP) is 6.39. The Labute approximate surface area is 167 Å². The van der Waals surface area contributed by atoms with Crippen molar-refractivity contribution in [2.24, 2.45) is 10.2 Å². The summed E-state index contributed by atoms with van der Waals surface area (Å²) in [6.07, 6.45) is 0. The third kappa shape index (κ3) is 4.58. The highest BCUT2D eigenvalue weighted by atomic mass is 31.2. The van der Waals surface area contributed by atoms with Gasteiger partial charge in [-0.3, -0.25) is 9.79 Å². The molecule has 0 radical (unpaired) electrons. The third-order valence-corrected chi connectivity index (χ3v) is 4.75. The molecule has 0 aliphatic carbocycles. The van der Waals surface area contributed by atoms with Crippen molar-refractivity contribution >= 4 is 30.0 Å². The van der Waals surface area contributed by atoms with E-state index in [1.54, 1.807) is 12.1 Å². The molecule has 0 saturated carbocycles. The molecule has 4 aromatic rings. The molecule has 144 valence electrons. The van der Waals surface area contributed by atoms with Crippen molar-refractivity contribution in [3.05, 3.63) is 91.0 Å². The zero-order valence-corrected chi connectivity index (χ0v) is 16.1. The molecule has 0 atom stereocenters. The number of phosphoric acid groups is 1. The molecule has 29 heavy (non-hydrogen) atoms. The minimum Gasteiger partial charge on any atom is -0.404 e. The normalized spacial score (nSPS) is 11.8. The summed E-state index contributed by atoms with van der Waals surface area (Å²) in [4.78, 5) is 18.3. The number of hydrogen-bond donors (Lipinski definition) is 2. The van der Waals surface area contributed by atoms with Crippen LogP contribution in [0.15, 0.2) is 101 Å². The van der Waals surface area contributed by atoms with E-state index < -0.39 is 7.82 Å². The van der Waals surface area contributed by atoms with Crippen molar-refractivity contribution in [1.29, 1.82) is 0 Å². The lowest BCUT2D eigenvalue weighted by Crippen LogP contribution is -1.91. The van der Waals surface area contributed by atoms with E-state index >= 15 is 0 Å². The van der Waals surface area contributed by atoms with Crippen LogP contribution in [0.25, 0.3) is 21.9 Å². The van der Waals surface area contributed by atoms with Crippen molar-refractivity contribution in [3.8, 4) is 16.9 Å². The second-order valence-electron chi connectivity index (χ2n) is 6.32. The standard InChI is InChI=1S/C22H17N2O4P/c25-29(26,27)28-18-13-14-22(24-23-17-9-2-1-3-10-17)21(15-18)20-12-6-8-16-7-4-5-11-19(16)20/h1-15H,(H2,25,26,27). The number of hydrogen-bond acceptors (Lipinski definition) is 4. The van der Waals surface area contributed by atoms with Crippen LogP contribution in [0, 0.1) is 0 Å². The van der Waals surface area contributed by atoms with Crippen LogP contribution < -0.4 is 4.52 Å². The van der Waals surface area contributed by atoms with E-state index in [0.29, 0.717) is 16.9 Å². The van der Waals surface area contributed by atoms with Crippen LogP contribution in [0.1, 0.15) is 0 Å². The number of azo groups is 1. The van der Waals surface area contributed by atoms with Gasteiger partial charge in [0.1, 0.15) is 5.75 Å². The summed E-state index contributed by atoms with van der Waals surface area (Å²) < 4.78 is 16.1. The Balaban J connectivity index is 1.87. The van der Waals surface area contributed by atoms with Crippen LogP contribution in [0.3, 0.4) is 0 Å². The molecule has 0 bridgehead atoms. The van der Waals surface area contributed by atoms with Gasteiger partial charge in [-0.2, -0.15) is 5.11 Å². The van der Waals surface area contributed by atoms with Gasteiger partial charge in [0.25, 0.3) is 0 Å². The molecule has 0 aromatic heterocycles. The van der Waals surface area contributed by atoms with Gasteiger partial charge in [0.2, 0.25) is 0 Å². The summed E-state index contributed by atoms with van der Waals surface area (Å²) in [6, 6.07) is 27.7. The minimum absolute atomic E-state index is 0.0555. The second kappa shape index (κ2) is 7.97. The predicted molar refractivity (Wildman–Crippen MR) is 113 cm³/mol. The first kappa shape index (κ1) is 19.0. The first-order valence-electron chi connectivity index (χ1n) is 8.84. The molecule has 0 aliphatic heterocycles. The van der Waals surface area contributed by atoms with E-state index in [1.165, 1.54) is 6.07 Å². The number of phosphoric ester groups is 1. The highest BCUT2D eigenvalue weighted by Crippen LogP contribution is 2.43. The Kier molecular flexibility index (Phi) is 5.23. The molecule has 4 rings (SSSR count). The van der Waals surface area contributed by atoms with Crippen molar-refractivity contribution in [2.45, 2.75) is 0 Å². The maximum Gasteiger partial charge on any atom is 0.524 e. The van der Waals surface area contributed by atoms with Gasteiger partial charge in [0.15, 0.2) is 0 Å². The third-order valence-electron chi connectivity index (χ3n) is 4.30. The number of fused-ring (bicyclic) bond motifs is 1.